The van der Waals surface area contributed by atoms with Gasteiger partial charge in [-0.15, -0.1) is 0 Å². The van der Waals surface area contributed by atoms with Crippen molar-refractivity contribution in [1.82, 2.24) is 26.6 Å². The number of benzene rings is 3. The van der Waals surface area contributed by atoms with Gasteiger partial charge in [0.2, 0.25) is 0 Å². The van der Waals surface area contributed by atoms with Gasteiger partial charge in [-0.2, -0.15) is 0 Å². The van der Waals surface area contributed by atoms with E-state index in [4.69, 9.17) is 21.9 Å². The van der Waals surface area contributed by atoms with Crippen molar-refractivity contribution in [2.24, 2.45) is 80.4 Å². The number of fused-ring (bicyclic) bond motifs is 4. The lowest BCUT2D eigenvalue weighted by atomic mass is 9.52. The number of aliphatic imine (C=N–C) groups is 1. The number of phenolic OH excluding ortho intramolecular Hbond substituents is 1. The molecule has 460 valence electrons. The molecule has 5 fully saturated rings. The number of Topliss-reactive ketones (excluding diaryl/α,β-unsaturated/α-hetero) is 1. The zero-order valence-electron chi connectivity index (χ0n) is 50.9. The SMILES string of the molecule is CNC[C@@H]1C[C@]2(C[C@@H]1CCN=C(N)N)[C@@H](NC[C@H](C)O)C[C@@]1(C[C@H]3[C@@H]4CCNC[C@@H]4C[C@@H]4C=CCN[C@@H]34)C[C@H](CC(=O)CC(=O)/C=C(\CO)c3cc(OC)c(O)cc3CC3=CNC(N)C=C3CCc3cccc(CCc4ccccc4)c3)CC[C@H]12. The van der Waals surface area contributed by atoms with Crippen molar-refractivity contribution in [3.8, 4) is 11.5 Å². The predicted molar refractivity (Wildman–Crippen MR) is 339 cm³/mol. The van der Waals surface area contributed by atoms with Crippen LogP contribution in [0.3, 0.4) is 0 Å². The number of phenols is 1. The Morgan fingerprint density at radius 1 is 0.941 bits per heavy atom. The number of dihydropyridines is 1. The average Bonchev–Trinajstić information content (AvgIpc) is 1.59. The van der Waals surface area contributed by atoms with E-state index in [0.29, 0.717) is 90.1 Å². The van der Waals surface area contributed by atoms with Crippen LogP contribution in [0.25, 0.3) is 5.57 Å². The molecule has 0 amide bonds. The predicted octanol–water partition coefficient (Wildman–Crippen LogP) is 7.17. The summed E-state index contributed by atoms with van der Waals surface area (Å²) in [7, 11) is 3.54. The number of hydrogen-bond acceptors (Lipinski definition) is 13. The molecule has 1 spiro atoms. The summed E-state index contributed by atoms with van der Waals surface area (Å²) in [5.41, 5.74) is 25.7. The molecule has 1 unspecified atom stereocenters. The molecule has 4 saturated carbocycles. The standard InChI is InChI=1S/C70H99N9O6/c1-44(81)39-78-65-38-69(37-61-59-21-23-75-41-54(59)27-50-13-8-22-76-67(50)61)34-48(17-19-64(69)70(65)35-51(20-24-77-68(72)73)56(36-70)40-74-2)26-57(82)32-58(83)29-55(43-80)60-33-63(85-3)62(84)30-52(60)28-53-42-79-66(71)31-49(53)18-16-47-12-7-11-46(25-47)15-14-45-9-5-4-6-10-45/h4-13,25,29-31,33,42,44,48,50-51,54,56,59,61,64-67,74-76,78-81,84H,14-24,26-28,32,34-41,43,71H2,1-3H3,(H4,72,73,77)/b55-29+/t44-,48-,50-,51-,54-,56-,59+,61-,64+,65-,66?,67+,69-,70-/m0/s1. The minimum absolute atomic E-state index is 0.00301. The maximum atomic E-state index is 14.6. The van der Waals surface area contributed by atoms with E-state index in [1.165, 1.54) is 42.7 Å². The fourth-order valence-electron chi connectivity index (χ4n) is 18.0. The van der Waals surface area contributed by atoms with Crippen LogP contribution in [0.2, 0.25) is 0 Å². The van der Waals surface area contributed by atoms with Gasteiger partial charge >= 0.3 is 0 Å². The van der Waals surface area contributed by atoms with Gasteiger partial charge in [0.15, 0.2) is 23.2 Å². The highest BCUT2D eigenvalue weighted by Gasteiger charge is 2.67. The van der Waals surface area contributed by atoms with Crippen LogP contribution in [-0.4, -0.2) is 117 Å². The number of aryl methyl sites for hydroxylation is 3. The molecule has 3 aromatic carbocycles. The van der Waals surface area contributed by atoms with Crippen molar-refractivity contribution in [3.63, 3.8) is 0 Å². The van der Waals surface area contributed by atoms with Gasteiger partial charge in [-0.3, -0.25) is 14.6 Å². The van der Waals surface area contributed by atoms with Gasteiger partial charge in [-0.1, -0.05) is 66.7 Å². The monoisotopic (exact) mass is 1160 g/mol. The lowest BCUT2D eigenvalue weighted by Crippen LogP contribution is -2.57. The highest BCUT2D eigenvalue weighted by Crippen LogP contribution is 2.71. The van der Waals surface area contributed by atoms with Crippen LogP contribution < -0.4 is 48.5 Å². The Hall–Kier alpha value is -5.65. The molecule has 4 aliphatic carbocycles. The quantitative estimate of drug-likeness (QED) is 0.0125. The largest absolute Gasteiger partial charge is 0.504 e. The molecular formula is C70H99N9O6. The van der Waals surface area contributed by atoms with E-state index in [1.54, 1.807) is 12.1 Å². The smallest absolute Gasteiger partial charge is 0.185 e. The molecule has 85 heavy (non-hydrogen) atoms. The molecule has 3 aromatic rings. The number of piperidine rings is 1. The second kappa shape index (κ2) is 28.5. The topological polar surface area (TPSA) is 255 Å². The molecule has 15 heteroatoms. The van der Waals surface area contributed by atoms with Gasteiger partial charge in [0.1, 0.15) is 5.78 Å². The third-order valence-electron chi connectivity index (χ3n) is 21.4. The third kappa shape index (κ3) is 14.9. The fourth-order valence-corrected chi connectivity index (χ4v) is 18.0. The number of ketones is 2. The fraction of sp³-hybridized carbons (Fsp3) is 0.586. The van der Waals surface area contributed by atoms with Crippen molar-refractivity contribution in [2.75, 3.05) is 60.0 Å². The first-order valence-corrected chi connectivity index (χ1v) is 32.2. The molecule has 3 aliphatic heterocycles. The average molecular weight is 1160 g/mol. The van der Waals surface area contributed by atoms with E-state index in [2.05, 4.69) is 99.3 Å². The normalized spacial score (nSPS) is 31.0. The Kier molecular flexibility index (Phi) is 20.9. The number of hydrogen-bond donors (Lipinski definition) is 11. The van der Waals surface area contributed by atoms with E-state index in [0.717, 1.165) is 114 Å². The van der Waals surface area contributed by atoms with Crippen molar-refractivity contribution < 1.29 is 29.6 Å². The number of methoxy groups -OCH3 is 1. The molecule has 14 N–H and O–H groups in total. The van der Waals surface area contributed by atoms with Gasteiger partial charge in [-0.25, -0.2) is 0 Å². The number of aromatic hydroxyl groups is 1. The van der Waals surface area contributed by atoms with Gasteiger partial charge in [0, 0.05) is 44.3 Å². The number of ether oxygens (including phenoxy) is 1. The number of nitrogens with two attached hydrogens (primary N) is 3. The number of carbonyl (C=O) groups is 2. The molecule has 7 aliphatic rings. The number of carbonyl (C=O) groups excluding carboxylic acids is 2. The summed E-state index contributed by atoms with van der Waals surface area (Å²) >= 11 is 0. The maximum absolute atomic E-state index is 14.6. The molecular weight excluding hydrogens is 1060 g/mol. The van der Waals surface area contributed by atoms with Crippen LogP contribution in [0.1, 0.15) is 118 Å². The summed E-state index contributed by atoms with van der Waals surface area (Å²) < 4.78 is 5.61. The van der Waals surface area contributed by atoms with E-state index >= 15 is 0 Å². The zero-order valence-corrected chi connectivity index (χ0v) is 50.9. The Balaban J connectivity index is 0.878. The van der Waals surface area contributed by atoms with Crippen LogP contribution in [0.4, 0.5) is 0 Å². The number of nitrogens with zero attached hydrogens (tertiary/aromatic N) is 1. The zero-order chi connectivity index (χ0) is 59.7. The number of aliphatic hydroxyl groups is 2. The molecule has 14 atom stereocenters. The minimum atomic E-state index is -0.488. The van der Waals surface area contributed by atoms with Crippen molar-refractivity contribution in [3.05, 3.63) is 136 Å². The maximum Gasteiger partial charge on any atom is 0.185 e. The van der Waals surface area contributed by atoms with E-state index < -0.39 is 12.7 Å². The van der Waals surface area contributed by atoms with Gasteiger partial charge in [-0.05, 0) is 257 Å². The molecule has 10 rings (SSSR count). The van der Waals surface area contributed by atoms with Gasteiger partial charge in [0.05, 0.1) is 32.4 Å². The van der Waals surface area contributed by atoms with Crippen LogP contribution in [-0.2, 0) is 35.3 Å². The summed E-state index contributed by atoms with van der Waals surface area (Å²) in [4.78, 5) is 33.4. The third-order valence-corrected chi connectivity index (χ3v) is 21.4. The Bertz CT molecular complexity index is 2940. The molecule has 0 bridgehead atoms. The lowest BCUT2D eigenvalue weighted by Gasteiger charge is -2.55. The Morgan fingerprint density at radius 3 is 2.48 bits per heavy atom. The minimum Gasteiger partial charge on any atom is -0.504 e. The summed E-state index contributed by atoms with van der Waals surface area (Å²) in [6.45, 7) is 6.48. The first kappa shape index (κ1) is 62.4. The number of rotatable bonds is 26. The highest BCUT2D eigenvalue weighted by atomic mass is 16.5. The lowest BCUT2D eigenvalue weighted by molar-refractivity contribution is -0.126. The molecule has 3 heterocycles. The molecule has 0 aromatic heterocycles. The van der Waals surface area contributed by atoms with Gasteiger partial charge in [0.25, 0.3) is 0 Å². The number of aliphatic hydroxyl groups excluding tert-OH is 2. The van der Waals surface area contributed by atoms with Crippen molar-refractivity contribution in [2.45, 2.75) is 140 Å². The first-order valence-electron chi connectivity index (χ1n) is 32.2. The highest BCUT2D eigenvalue weighted by molar-refractivity contribution is 6.07. The second-order valence-corrected chi connectivity index (χ2v) is 26.9. The van der Waals surface area contributed by atoms with Crippen LogP contribution in [0.5, 0.6) is 11.5 Å². The molecule has 1 saturated heterocycles. The van der Waals surface area contributed by atoms with Crippen LogP contribution in [0, 0.1) is 58.2 Å². The van der Waals surface area contributed by atoms with Crippen molar-refractivity contribution >= 4 is 23.1 Å². The molecule has 15 nitrogen and oxygen atoms in total. The number of guanidine groups is 1. The van der Waals surface area contributed by atoms with Crippen LogP contribution in [0.15, 0.2) is 113 Å². The Labute approximate surface area is 505 Å². The molecule has 0 radical (unpaired) electrons. The first-order chi connectivity index (χ1) is 41.2. The van der Waals surface area contributed by atoms with Crippen molar-refractivity contribution in [1.29, 1.82) is 0 Å². The van der Waals surface area contributed by atoms with Crippen LogP contribution >= 0.6 is 0 Å². The Morgan fingerprint density at radius 2 is 1.72 bits per heavy atom. The summed E-state index contributed by atoms with van der Waals surface area (Å²) in [6.07, 6.45) is 23.8. The summed E-state index contributed by atoms with van der Waals surface area (Å²) in [5, 5.41) is 51.9. The van der Waals surface area contributed by atoms with E-state index in [1.807, 2.05) is 25.3 Å². The number of nitrogens with one attached hydrogen (secondary N) is 5. The second-order valence-electron chi connectivity index (χ2n) is 26.9. The summed E-state index contributed by atoms with van der Waals surface area (Å²) in [6, 6.07) is 23.3. The number of allylic oxidation sites excluding steroid dienone is 3. The summed E-state index contributed by atoms with van der Waals surface area (Å²) in [5.74, 6) is 3.51. The van der Waals surface area contributed by atoms with E-state index in [-0.39, 0.29) is 64.4 Å². The van der Waals surface area contributed by atoms with E-state index in [9.17, 15) is 24.9 Å². The van der Waals surface area contributed by atoms with Gasteiger partial charge < -0.3 is 63.8 Å².